The van der Waals surface area contributed by atoms with Gasteiger partial charge in [-0.15, -0.1) is 0 Å². The van der Waals surface area contributed by atoms with E-state index in [4.69, 9.17) is 0 Å². The van der Waals surface area contributed by atoms with Crippen LogP contribution in [-0.4, -0.2) is 60.5 Å². The molecule has 0 spiro atoms. The van der Waals surface area contributed by atoms with Crippen molar-refractivity contribution in [1.29, 1.82) is 0 Å². The van der Waals surface area contributed by atoms with Gasteiger partial charge in [0.25, 0.3) is 0 Å². The summed E-state index contributed by atoms with van der Waals surface area (Å²) in [6.07, 6.45) is -0.123. The van der Waals surface area contributed by atoms with Crippen molar-refractivity contribution in [3.8, 4) is 0 Å². The van der Waals surface area contributed by atoms with Crippen molar-refractivity contribution < 1.29 is 9.59 Å². The molecule has 3 aliphatic heterocycles. The molecule has 1 unspecified atom stereocenters. The summed E-state index contributed by atoms with van der Waals surface area (Å²) in [5.41, 5.74) is 0. The normalized spacial score (nSPS) is 53.4. The van der Waals surface area contributed by atoms with E-state index < -0.39 is 0 Å². The molecule has 0 aromatic carbocycles. The monoisotopic (exact) mass is 143 g/mol. The van der Waals surface area contributed by atoms with Gasteiger partial charge in [0, 0.05) is 13.1 Å². The molecule has 3 heterocycles. The standard InChI is InChI=1S/C7H15N2O/c1-9-4-2-8(3-5-9)6-7(9)10/h7,10H,2-6H2,1H3/q+1. The van der Waals surface area contributed by atoms with E-state index >= 15 is 0 Å². The number of fused-ring (bicyclic) bond motifs is 3. The molecule has 58 valence electrons. The molecule has 2 bridgehead atoms. The van der Waals surface area contributed by atoms with Crippen LogP contribution in [0.4, 0.5) is 0 Å². The summed E-state index contributed by atoms with van der Waals surface area (Å²) in [5.74, 6) is 0. The predicted octanol–water partition coefficient (Wildman–Crippen LogP) is -0.919. The molecule has 3 aliphatic rings. The molecule has 3 fully saturated rings. The van der Waals surface area contributed by atoms with Gasteiger partial charge in [-0.25, -0.2) is 0 Å². The highest BCUT2D eigenvalue weighted by Crippen LogP contribution is 2.20. The summed E-state index contributed by atoms with van der Waals surface area (Å²) in [7, 11) is 2.15. The first kappa shape index (κ1) is 6.58. The molecule has 0 aromatic rings. The van der Waals surface area contributed by atoms with E-state index in [2.05, 4.69) is 11.9 Å². The van der Waals surface area contributed by atoms with Crippen molar-refractivity contribution in [3.05, 3.63) is 0 Å². The van der Waals surface area contributed by atoms with E-state index in [-0.39, 0.29) is 6.23 Å². The fourth-order valence-corrected chi connectivity index (χ4v) is 1.87. The molecule has 1 atom stereocenters. The second-order valence-electron chi connectivity index (χ2n) is 3.71. The summed E-state index contributed by atoms with van der Waals surface area (Å²) >= 11 is 0. The Bertz CT molecular complexity index is 141. The van der Waals surface area contributed by atoms with Gasteiger partial charge in [-0.2, -0.15) is 0 Å². The van der Waals surface area contributed by atoms with Crippen molar-refractivity contribution in [2.24, 2.45) is 0 Å². The number of hydrogen-bond acceptors (Lipinski definition) is 2. The first-order valence-corrected chi connectivity index (χ1v) is 3.95. The maximum absolute atomic E-state index is 9.59. The van der Waals surface area contributed by atoms with Gasteiger partial charge in [-0.05, 0) is 0 Å². The van der Waals surface area contributed by atoms with Crippen LogP contribution in [0.5, 0.6) is 0 Å². The Labute approximate surface area is 61.4 Å². The van der Waals surface area contributed by atoms with Crippen LogP contribution in [0.3, 0.4) is 0 Å². The van der Waals surface area contributed by atoms with Crippen molar-refractivity contribution in [2.45, 2.75) is 6.23 Å². The van der Waals surface area contributed by atoms with Crippen LogP contribution in [-0.2, 0) is 0 Å². The molecule has 3 nitrogen and oxygen atoms in total. The third kappa shape index (κ3) is 0.779. The Kier molecular flexibility index (Phi) is 1.27. The van der Waals surface area contributed by atoms with Crippen LogP contribution < -0.4 is 0 Å². The number of rotatable bonds is 0. The van der Waals surface area contributed by atoms with E-state index in [1.807, 2.05) is 0 Å². The second-order valence-corrected chi connectivity index (χ2v) is 3.71. The van der Waals surface area contributed by atoms with Gasteiger partial charge < -0.3 is 5.11 Å². The molecule has 0 saturated carbocycles. The average molecular weight is 143 g/mol. The van der Waals surface area contributed by atoms with Crippen LogP contribution in [0, 0.1) is 0 Å². The number of likely N-dealkylation sites (N-methyl/N-ethyl adjacent to an activating group) is 1. The van der Waals surface area contributed by atoms with Gasteiger partial charge in [0.2, 0.25) is 6.23 Å². The van der Waals surface area contributed by atoms with Crippen LogP contribution in [0.1, 0.15) is 0 Å². The van der Waals surface area contributed by atoms with Gasteiger partial charge in [0.1, 0.15) is 0 Å². The summed E-state index contributed by atoms with van der Waals surface area (Å²) in [6, 6.07) is 0. The van der Waals surface area contributed by atoms with Crippen LogP contribution >= 0.6 is 0 Å². The van der Waals surface area contributed by atoms with Crippen molar-refractivity contribution in [3.63, 3.8) is 0 Å². The van der Waals surface area contributed by atoms with Crippen LogP contribution in [0.25, 0.3) is 0 Å². The average Bonchev–Trinajstić information content (AvgIpc) is 1.92. The lowest BCUT2D eigenvalue weighted by molar-refractivity contribution is -0.967. The molecule has 1 N–H and O–H groups in total. The maximum atomic E-state index is 9.59. The zero-order valence-electron chi connectivity index (χ0n) is 6.45. The Morgan fingerprint density at radius 1 is 1.40 bits per heavy atom. The highest BCUT2D eigenvalue weighted by Gasteiger charge is 2.41. The van der Waals surface area contributed by atoms with Crippen LogP contribution in [0.2, 0.25) is 0 Å². The minimum atomic E-state index is -0.123. The molecule has 10 heavy (non-hydrogen) atoms. The first-order valence-electron chi connectivity index (χ1n) is 3.95. The molecule has 0 radical (unpaired) electrons. The number of quaternary nitrogens is 1. The van der Waals surface area contributed by atoms with E-state index in [1.54, 1.807) is 0 Å². The number of nitrogens with zero attached hydrogens (tertiary/aromatic N) is 2. The van der Waals surface area contributed by atoms with Gasteiger partial charge in [0.15, 0.2) is 0 Å². The van der Waals surface area contributed by atoms with E-state index in [1.165, 1.54) is 13.1 Å². The number of hydrogen-bond donors (Lipinski definition) is 1. The van der Waals surface area contributed by atoms with Gasteiger partial charge >= 0.3 is 0 Å². The van der Waals surface area contributed by atoms with Crippen LogP contribution in [0.15, 0.2) is 0 Å². The van der Waals surface area contributed by atoms with Crippen molar-refractivity contribution in [2.75, 3.05) is 39.8 Å². The largest absolute Gasteiger partial charge is 0.344 e. The molecule has 0 amide bonds. The Balaban J connectivity index is 2.17. The Morgan fingerprint density at radius 2 is 2.00 bits per heavy atom. The first-order chi connectivity index (χ1) is 4.71. The lowest BCUT2D eigenvalue weighted by Crippen LogP contribution is -2.70. The van der Waals surface area contributed by atoms with Crippen molar-refractivity contribution in [1.82, 2.24) is 4.90 Å². The summed E-state index contributed by atoms with van der Waals surface area (Å²) in [5, 5.41) is 9.59. The van der Waals surface area contributed by atoms with E-state index in [9.17, 15) is 5.11 Å². The lowest BCUT2D eigenvalue weighted by Gasteiger charge is -2.51. The minimum Gasteiger partial charge on any atom is -0.344 e. The Morgan fingerprint density at radius 3 is 2.30 bits per heavy atom. The maximum Gasteiger partial charge on any atom is 0.203 e. The summed E-state index contributed by atoms with van der Waals surface area (Å²) < 4.78 is 0.885. The SMILES string of the molecule is C[N+]12CCN(CC1)CC2O. The van der Waals surface area contributed by atoms with Gasteiger partial charge in [-0.1, -0.05) is 0 Å². The van der Waals surface area contributed by atoms with Gasteiger partial charge in [0.05, 0.1) is 26.7 Å². The summed E-state index contributed by atoms with van der Waals surface area (Å²) in [4.78, 5) is 2.34. The topological polar surface area (TPSA) is 23.5 Å². The lowest BCUT2D eigenvalue weighted by atomic mass is 10.1. The fourth-order valence-electron chi connectivity index (χ4n) is 1.87. The van der Waals surface area contributed by atoms with Gasteiger partial charge in [-0.3, -0.25) is 9.38 Å². The number of piperazine rings is 3. The molecular formula is C7H15N2O+. The zero-order valence-corrected chi connectivity index (χ0v) is 6.45. The smallest absolute Gasteiger partial charge is 0.203 e. The second kappa shape index (κ2) is 1.94. The summed E-state index contributed by atoms with van der Waals surface area (Å²) in [6.45, 7) is 5.49. The molecule has 0 aromatic heterocycles. The van der Waals surface area contributed by atoms with E-state index in [0.717, 1.165) is 24.1 Å². The number of aliphatic hydroxyl groups excluding tert-OH is 1. The highest BCUT2D eigenvalue weighted by atomic mass is 16.3. The molecular weight excluding hydrogens is 128 g/mol. The zero-order chi connectivity index (χ0) is 7.19. The third-order valence-corrected chi connectivity index (χ3v) is 3.00. The Hall–Kier alpha value is -0.120. The fraction of sp³-hybridized carbons (Fsp3) is 1.00. The molecule has 3 rings (SSSR count). The molecule has 3 heteroatoms. The highest BCUT2D eigenvalue weighted by molar-refractivity contribution is 4.71. The molecule has 0 aliphatic carbocycles. The minimum absolute atomic E-state index is 0.123. The third-order valence-electron chi connectivity index (χ3n) is 3.00. The predicted molar refractivity (Wildman–Crippen MR) is 38.4 cm³/mol. The molecule has 3 saturated heterocycles. The quantitative estimate of drug-likeness (QED) is 0.443. The van der Waals surface area contributed by atoms with Crippen molar-refractivity contribution >= 4 is 0 Å². The number of aliphatic hydroxyl groups is 1. The van der Waals surface area contributed by atoms with E-state index in [0.29, 0.717) is 0 Å².